The Morgan fingerprint density at radius 3 is 2.36 bits per heavy atom. The summed E-state index contributed by atoms with van der Waals surface area (Å²) >= 11 is 0. The van der Waals surface area contributed by atoms with E-state index in [0.717, 1.165) is 29.1 Å². The van der Waals surface area contributed by atoms with Crippen LogP contribution in [0, 0.1) is 13.8 Å². The standard InChI is InChI=1S/C22H22N2O/c1-17-8-10-20(11-9-17)22(25)16-24-13-12-21(14-18(24)2)23-15-19-6-4-3-5-7-19/h3-14H,15-16H2,1-2H3/p+1. The summed E-state index contributed by atoms with van der Waals surface area (Å²) in [5, 5.41) is 3.42. The molecule has 0 fully saturated rings. The molecular weight excluding hydrogens is 308 g/mol. The van der Waals surface area contributed by atoms with Crippen LogP contribution in [0.3, 0.4) is 0 Å². The largest absolute Gasteiger partial charge is 0.381 e. The Morgan fingerprint density at radius 1 is 0.960 bits per heavy atom. The van der Waals surface area contributed by atoms with Crippen molar-refractivity contribution in [3.8, 4) is 0 Å². The number of hydrogen-bond donors (Lipinski definition) is 1. The molecule has 3 heteroatoms. The summed E-state index contributed by atoms with van der Waals surface area (Å²) in [7, 11) is 0. The topological polar surface area (TPSA) is 33.0 Å². The van der Waals surface area contributed by atoms with Crippen LogP contribution in [0.2, 0.25) is 0 Å². The summed E-state index contributed by atoms with van der Waals surface area (Å²) in [6, 6.07) is 22.1. The highest BCUT2D eigenvalue weighted by molar-refractivity contribution is 5.95. The van der Waals surface area contributed by atoms with Crippen LogP contribution in [0.25, 0.3) is 0 Å². The SMILES string of the molecule is Cc1ccc(C(=O)C[n+]2ccc(NCc3ccccc3)cc2C)cc1. The van der Waals surface area contributed by atoms with E-state index in [9.17, 15) is 4.79 Å². The van der Waals surface area contributed by atoms with Crippen LogP contribution >= 0.6 is 0 Å². The fraction of sp³-hybridized carbons (Fsp3) is 0.182. The molecule has 3 rings (SSSR count). The Hall–Kier alpha value is -2.94. The number of rotatable bonds is 6. The number of pyridine rings is 1. The van der Waals surface area contributed by atoms with Gasteiger partial charge in [0.25, 0.3) is 0 Å². The van der Waals surface area contributed by atoms with Crippen molar-refractivity contribution in [1.29, 1.82) is 0 Å². The van der Waals surface area contributed by atoms with E-state index in [-0.39, 0.29) is 5.78 Å². The van der Waals surface area contributed by atoms with Gasteiger partial charge in [0.15, 0.2) is 11.9 Å². The van der Waals surface area contributed by atoms with Crippen molar-refractivity contribution >= 4 is 11.5 Å². The number of benzene rings is 2. The second-order valence-corrected chi connectivity index (χ2v) is 6.31. The molecule has 1 aromatic heterocycles. The molecule has 0 spiro atoms. The lowest BCUT2D eigenvalue weighted by molar-refractivity contribution is -0.689. The lowest BCUT2D eigenvalue weighted by Crippen LogP contribution is -2.40. The third-order valence-corrected chi connectivity index (χ3v) is 4.28. The van der Waals surface area contributed by atoms with Crippen LogP contribution in [-0.4, -0.2) is 5.78 Å². The molecule has 0 radical (unpaired) electrons. The Bertz CT molecular complexity index is 855. The third-order valence-electron chi connectivity index (χ3n) is 4.28. The second kappa shape index (κ2) is 7.75. The van der Waals surface area contributed by atoms with E-state index in [1.165, 1.54) is 5.56 Å². The summed E-state index contributed by atoms with van der Waals surface area (Å²) in [4.78, 5) is 12.4. The van der Waals surface area contributed by atoms with Crippen molar-refractivity contribution in [3.05, 3.63) is 95.3 Å². The smallest absolute Gasteiger partial charge is 0.227 e. The molecule has 3 aromatic rings. The summed E-state index contributed by atoms with van der Waals surface area (Å²) in [5.74, 6) is 0.123. The van der Waals surface area contributed by atoms with Gasteiger partial charge in [0.05, 0.1) is 0 Å². The number of nitrogens with one attached hydrogen (secondary N) is 1. The molecule has 0 aliphatic heterocycles. The molecular formula is C22H23N2O+. The zero-order chi connectivity index (χ0) is 17.6. The second-order valence-electron chi connectivity index (χ2n) is 6.31. The maximum atomic E-state index is 12.4. The van der Waals surface area contributed by atoms with Crippen molar-refractivity contribution in [2.24, 2.45) is 0 Å². The van der Waals surface area contributed by atoms with Gasteiger partial charge in [0.2, 0.25) is 12.3 Å². The van der Waals surface area contributed by atoms with Crippen molar-refractivity contribution in [1.82, 2.24) is 0 Å². The van der Waals surface area contributed by atoms with Gasteiger partial charge >= 0.3 is 0 Å². The summed E-state index contributed by atoms with van der Waals surface area (Å²) in [6.45, 7) is 5.19. The molecule has 1 N–H and O–H groups in total. The fourth-order valence-corrected chi connectivity index (χ4v) is 2.72. The molecule has 0 aliphatic carbocycles. The van der Waals surface area contributed by atoms with Gasteiger partial charge in [0.1, 0.15) is 0 Å². The number of nitrogens with zero attached hydrogens (tertiary/aromatic N) is 1. The average molecular weight is 331 g/mol. The maximum absolute atomic E-state index is 12.4. The molecule has 126 valence electrons. The van der Waals surface area contributed by atoms with Gasteiger partial charge in [-0.1, -0.05) is 60.2 Å². The highest BCUT2D eigenvalue weighted by Gasteiger charge is 2.14. The minimum atomic E-state index is 0.123. The molecule has 25 heavy (non-hydrogen) atoms. The lowest BCUT2D eigenvalue weighted by Gasteiger charge is -2.07. The summed E-state index contributed by atoms with van der Waals surface area (Å²) in [6.07, 6.45) is 1.97. The van der Waals surface area contributed by atoms with Crippen LogP contribution in [0.15, 0.2) is 72.9 Å². The molecule has 0 saturated heterocycles. The van der Waals surface area contributed by atoms with Gasteiger partial charge in [-0.25, -0.2) is 0 Å². The van der Waals surface area contributed by atoms with Crippen molar-refractivity contribution in [2.75, 3.05) is 5.32 Å². The maximum Gasteiger partial charge on any atom is 0.227 e. The Kier molecular flexibility index (Phi) is 5.24. The molecule has 0 atom stereocenters. The minimum absolute atomic E-state index is 0.123. The van der Waals surface area contributed by atoms with E-state index in [0.29, 0.717) is 6.54 Å². The number of anilines is 1. The highest BCUT2D eigenvalue weighted by Crippen LogP contribution is 2.10. The van der Waals surface area contributed by atoms with Crippen molar-refractivity contribution in [2.45, 2.75) is 26.9 Å². The van der Waals surface area contributed by atoms with Crippen molar-refractivity contribution in [3.63, 3.8) is 0 Å². The number of ketones is 1. The predicted octanol–water partition coefficient (Wildman–Crippen LogP) is 4.09. The van der Waals surface area contributed by atoms with E-state index in [1.54, 1.807) is 0 Å². The highest BCUT2D eigenvalue weighted by atomic mass is 16.1. The summed E-state index contributed by atoms with van der Waals surface area (Å²) in [5.41, 5.74) is 5.27. The Morgan fingerprint density at radius 2 is 1.68 bits per heavy atom. The molecule has 0 aliphatic rings. The van der Waals surface area contributed by atoms with Crippen LogP contribution < -0.4 is 9.88 Å². The van der Waals surface area contributed by atoms with Gasteiger partial charge in [-0.3, -0.25) is 4.79 Å². The first-order chi connectivity index (χ1) is 12.1. The Labute approximate surface area is 149 Å². The van der Waals surface area contributed by atoms with Gasteiger partial charge in [-0.2, -0.15) is 4.57 Å². The number of aryl methyl sites for hydroxylation is 2. The van der Waals surface area contributed by atoms with Crippen molar-refractivity contribution < 1.29 is 9.36 Å². The molecule has 1 heterocycles. The first-order valence-corrected chi connectivity index (χ1v) is 8.49. The number of aromatic nitrogens is 1. The van der Waals surface area contributed by atoms with Gasteiger partial charge in [-0.05, 0) is 12.5 Å². The average Bonchev–Trinajstić information content (AvgIpc) is 2.63. The fourth-order valence-electron chi connectivity index (χ4n) is 2.72. The molecule has 2 aromatic carbocycles. The molecule has 0 bridgehead atoms. The van der Waals surface area contributed by atoms with E-state index < -0.39 is 0 Å². The predicted molar refractivity (Wildman–Crippen MR) is 101 cm³/mol. The van der Waals surface area contributed by atoms with E-state index >= 15 is 0 Å². The minimum Gasteiger partial charge on any atom is -0.381 e. The lowest BCUT2D eigenvalue weighted by atomic mass is 10.1. The number of Topliss-reactive ketones (excluding diaryl/α,β-unsaturated/α-hetero) is 1. The first kappa shape index (κ1) is 16.9. The van der Waals surface area contributed by atoms with E-state index in [4.69, 9.17) is 0 Å². The van der Waals surface area contributed by atoms with Gasteiger partial charge < -0.3 is 5.32 Å². The normalized spacial score (nSPS) is 10.5. The van der Waals surface area contributed by atoms with Gasteiger partial charge in [0, 0.05) is 36.9 Å². The quantitative estimate of drug-likeness (QED) is 0.545. The Balaban J connectivity index is 1.65. The van der Waals surface area contributed by atoms with E-state index in [2.05, 4.69) is 23.5 Å². The third kappa shape index (κ3) is 4.54. The monoisotopic (exact) mass is 331 g/mol. The zero-order valence-corrected chi connectivity index (χ0v) is 14.7. The van der Waals surface area contributed by atoms with Crippen LogP contribution in [0.5, 0.6) is 0 Å². The van der Waals surface area contributed by atoms with Crippen LogP contribution in [0.1, 0.15) is 27.2 Å². The zero-order valence-electron chi connectivity index (χ0n) is 14.7. The number of hydrogen-bond acceptors (Lipinski definition) is 2. The molecule has 0 amide bonds. The molecule has 3 nitrogen and oxygen atoms in total. The summed E-state index contributed by atoms with van der Waals surface area (Å²) < 4.78 is 1.98. The molecule has 0 saturated carbocycles. The van der Waals surface area contributed by atoms with Crippen LogP contribution in [0.4, 0.5) is 5.69 Å². The van der Waals surface area contributed by atoms with E-state index in [1.807, 2.05) is 73.1 Å². The first-order valence-electron chi connectivity index (χ1n) is 8.49. The number of carbonyl (C=O) groups is 1. The number of carbonyl (C=O) groups excluding carboxylic acids is 1. The van der Waals surface area contributed by atoms with Crippen LogP contribution in [-0.2, 0) is 13.1 Å². The van der Waals surface area contributed by atoms with Gasteiger partial charge in [-0.15, -0.1) is 0 Å². The molecule has 0 unspecified atom stereocenters.